The minimum atomic E-state index is -0.783. The van der Waals surface area contributed by atoms with Crippen molar-refractivity contribution in [2.75, 3.05) is 14.1 Å². The minimum absolute atomic E-state index is 0.0395. The van der Waals surface area contributed by atoms with Crippen molar-refractivity contribution >= 4 is 11.9 Å². The van der Waals surface area contributed by atoms with Gasteiger partial charge >= 0.3 is 5.97 Å². The van der Waals surface area contributed by atoms with E-state index in [9.17, 15) is 9.59 Å². The molecule has 106 valence electrons. The Hall–Kier alpha value is -1.92. The Kier molecular flexibility index (Phi) is 5.47. The number of aliphatic carboxylic acids is 1. The van der Waals surface area contributed by atoms with Crippen LogP contribution in [0.5, 0.6) is 0 Å². The largest absolute Gasteiger partial charge is 0.481 e. The van der Waals surface area contributed by atoms with Gasteiger partial charge < -0.3 is 10.0 Å². The molecule has 0 bridgehead atoms. The van der Waals surface area contributed by atoms with Crippen LogP contribution in [0.1, 0.15) is 37.9 Å². The van der Waals surface area contributed by atoms with Crippen LogP contribution in [0.25, 0.3) is 0 Å². The number of carbonyl (C=O) groups is 2. The van der Waals surface area contributed by atoms with Gasteiger partial charge in [0.15, 0.2) is 0 Å². The van der Waals surface area contributed by atoms with E-state index in [2.05, 4.69) is 10.3 Å². The molecule has 1 N–H and O–H groups in total. The molecule has 1 unspecified atom stereocenters. The van der Waals surface area contributed by atoms with Gasteiger partial charge in [0.1, 0.15) is 6.04 Å². The zero-order valence-corrected chi connectivity index (χ0v) is 11.5. The Morgan fingerprint density at radius 3 is 2.68 bits per heavy atom. The smallest absolute Gasteiger partial charge is 0.303 e. The van der Waals surface area contributed by atoms with Gasteiger partial charge in [-0.25, -0.2) is 4.68 Å². The first-order valence-corrected chi connectivity index (χ1v) is 6.25. The minimum Gasteiger partial charge on any atom is -0.481 e. The van der Waals surface area contributed by atoms with Gasteiger partial charge in [0.05, 0.1) is 5.69 Å². The summed E-state index contributed by atoms with van der Waals surface area (Å²) in [6.45, 7) is 1.77. The highest BCUT2D eigenvalue weighted by Crippen LogP contribution is 2.09. The molecule has 1 rings (SSSR count). The van der Waals surface area contributed by atoms with Crippen molar-refractivity contribution in [3.63, 3.8) is 0 Å². The van der Waals surface area contributed by atoms with Gasteiger partial charge in [-0.2, -0.15) is 0 Å². The van der Waals surface area contributed by atoms with E-state index in [0.29, 0.717) is 12.8 Å². The Morgan fingerprint density at radius 2 is 2.11 bits per heavy atom. The molecule has 7 nitrogen and oxygen atoms in total. The summed E-state index contributed by atoms with van der Waals surface area (Å²) >= 11 is 0. The fourth-order valence-electron chi connectivity index (χ4n) is 1.69. The third kappa shape index (κ3) is 4.69. The average Bonchev–Trinajstić information content (AvgIpc) is 2.81. The molecule has 0 aliphatic carbocycles. The zero-order valence-electron chi connectivity index (χ0n) is 11.5. The van der Waals surface area contributed by atoms with Crippen LogP contribution in [0, 0.1) is 0 Å². The maximum absolute atomic E-state index is 11.8. The van der Waals surface area contributed by atoms with Gasteiger partial charge in [0, 0.05) is 26.7 Å². The van der Waals surface area contributed by atoms with E-state index >= 15 is 0 Å². The fourth-order valence-corrected chi connectivity index (χ4v) is 1.69. The van der Waals surface area contributed by atoms with Gasteiger partial charge in [0.25, 0.3) is 0 Å². The molecule has 0 saturated carbocycles. The average molecular weight is 268 g/mol. The van der Waals surface area contributed by atoms with E-state index in [1.807, 2.05) is 0 Å². The number of carboxylic acids is 1. The molecule has 1 atom stereocenters. The van der Waals surface area contributed by atoms with Crippen LogP contribution in [-0.2, 0) is 16.0 Å². The number of aryl methyl sites for hydroxylation is 1. The first-order chi connectivity index (χ1) is 8.91. The van der Waals surface area contributed by atoms with E-state index in [1.54, 1.807) is 27.2 Å². The standard InChI is InChI=1S/C12H20N4O3/c1-9(12(19)15(2)3)16-8-10(13-14-16)6-4-5-7-11(17)18/h8-9H,4-7H2,1-3H3,(H,17,18). The molecule has 0 radical (unpaired) electrons. The van der Waals surface area contributed by atoms with Crippen LogP contribution < -0.4 is 0 Å². The van der Waals surface area contributed by atoms with Crippen molar-refractivity contribution in [2.45, 2.75) is 38.6 Å². The van der Waals surface area contributed by atoms with Crippen LogP contribution in [-0.4, -0.2) is 51.0 Å². The molecule has 1 aromatic rings. The predicted molar refractivity (Wildman–Crippen MR) is 68.6 cm³/mol. The molecular weight excluding hydrogens is 248 g/mol. The van der Waals surface area contributed by atoms with Crippen molar-refractivity contribution in [1.82, 2.24) is 19.9 Å². The third-order valence-electron chi connectivity index (χ3n) is 2.83. The van der Waals surface area contributed by atoms with Gasteiger partial charge in [-0.15, -0.1) is 5.10 Å². The maximum Gasteiger partial charge on any atom is 0.303 e. The van der Waals surface area contributed by atoms with Crippen molar-refractivity contribution in [1.29, 1.82) is 0 Å². The summed E-state index contributed by atoms with van der Waals surface area (Å²) in [4.78, 5) is 23.6. The number of amides is 1. The van der Waals surface area contributed by atoms with Gasteiger partial charge in [-0.05, 0) is 26.2 Å². The summed E-state index contributed by atoms with van der Waals surface area (Å²) in [5.74, 6) is -0.823. The quantitative estimate of drug-likeness (QED) is 0.736. The normalized spacial score (nSPS) is 12.2. The van der Waals surface area contributed by atoms with E-state index < -0.39 is 5.97 Å². The van der Waals surface area contributed by atoms with Gasteiger partial charge in [0.2, 0.25) is 5.91 Å². The van der Waals surface area contributed by atoms with Gasteiger partial charge in [-0.1, -0.05) is 5.21 Å². The second-order valence-electron chi connectivity index (χ2n) is 4.70. The van der Waals surface area contributed by atoms with Crippen molar-refractivity contribution in [3.8, 4) is 0 Å². The summed E-state index contributed by atoms with van der Waals surface area (Å²) in [6, 6.07) is -0.379. The lowest BCUT2D eigenvalue weighted by Gasteiger charge is -2.16. The maximum atomic E-state index is 11.8. The summed E-state index contributed by atoms with van der Waals surface area (Å²) in [5.41, 5.74) is 0.781. The number of likely N-dealkylation sites (N-methyl/N-ethyl adjacent to an activating group) is 1. The Bertz CT molecular complexity index is 442. The first kappa shape index (κ1) is 15.1. The monoisotopic (exact) mass is 268 g/mol. The molecule has 7 heteroatoms. The van der Waals surface area contributed by atoms with E-state index in [-0.39, 0.29) is 18.4 Å². The lowest BCUT2D eigenvalue weighted by molar-refractivity contribution is -0.137. The van der Waals surface area contributed by atoms with Crippen LogP contribution in [0.2, 0.25) is 0 Å². The first-order valence-electron chi connectivity index (χ1n) is 6.25. The number of hydrogen-bond donors (Lipinski definition) is 1. The summed E-state index contributed by atoms with van der Waals surface area (Å²) in [7, 11) is 3.39. The summed E-state index contributed by atoms with van der Waals surface area (Å²) < 4.78 is 1.54. The van der Waals surface area contributed by atoms with E-state index in [4.69, 9.17) is 5.11 Å². The van der Waals surface area contributed by atoms with Crippen LogP contribution >= 0.6 is 0 Å². The molecule has 1 amide bonds. The number of nitrogens with zero attached hydrogens (tertiary/aromatic N) is 4. The van der Waals surface area contributed by atoms with Crippen LogP contribution in [0.15, 0.2) is 6.20 Å². The lowest BCUT2D eigenvalue weighted by Crippen LogP contribution is -2.30. The van der Waals surface area contributed by atoms with Crippen molar-refractivity contribution in [2.24, 2.45) is 0 Å². The third-order valence-corrected chi connectivity index (χ3v) is 2.83. The van der Waals surface area contributed by atoms with Crippen molar-refractivity contribution < 1.29 is 14.7 Å². The molecule has 19 heavy (non-hydrogen) atoms. The lowest BCUT2D eigenvalue weighted by atomic mass is 10.1. The topological polar surface area (TPSA) is 88.3 Å². The van der Waals surface area contributed by atoms with E-state index in [0.717, 1.165) is 12.1 Å². The number of carboxylic acid groups (broad SMARTS) is 1. The van der Waals surface area contributed by atoms with Crippen LogP contribution in [0.3, 0.4) is 0 Å². The SMILES string of the molecule is CC(C(=O)N(C)C)n1cc(CCCCC(=O)O)nn1. The number of unbranched alkanes of at least 4 members (excludes halogenated alkanes) is 1. The van der Waals surface area contributed by atoms with E-state index in [1.165, 1.54) is 9.58 Å². The molecule has 0 aliphatic heterocycles. The van der Waals surface area contributed by atoms with Crippen LogP contribution in [0.4, 0.5) is 0 Å². The molecular formula is C12H20N4O3. The highest BCUT2D eigenvalue weighted by molar-refractivity contribution is 5.79. The number of carbonyl (C=O) groups excluding carboxylic acids is 1. The molecule has 1 aromatic heterocycles. The van der Waals surface area contributed by atoms with Gasteiger partial charge in [-0.3, -0.25) is 9.59 Å². The second kappa shape index (κ2) is 6.86. The Balaban J connectivity index is 2.48. The molecule has 0 saturated heterocycles. The number of hydrogen-bond acceptors (Lipinski definition) is 4. The molecule has 0 aliphatic rings. The summed E-state index contributed by atoms with van der Waals surface area (Å²) in [6.07, 6.45) is 3.96. The predicted octanol–water partition coefficient (Wildman–Crippen LogP) is 0.725. The number of rotatable bonds is 7. The molecule has 0 fully saturated rings. The second-order valence-corrected chi connectivity index (χ2v) is 4.70. The molecule has 0 aromatic carbocycles. The summed E-state index contributed by atoms with van der Waals surface area (Å²) in [5, 5.41) is 16.5. The zero-order chi connectivity index (χ0) is 14.4. The highest BCUT2D eigenvalue weighted by atomic mass is 16.4. The molecule has 1 heterocycles. The fraction of sp³-hybridized carbons (Fsp3) is 0.667. The van der Waals surface area contributed by atoms with Crippen molar-refractivity contribution in [3.05, 3.63) is 11.9 Å². The highest BCUT2D eigenvalue weighted by Gasteiger charge is 2.18. The molecule has 0 spiro atoms. The Labute approximate surface area is 112 Å². The Morgan fingerprint density at radius 1 is 1.42 bits per heavy atom. The number of aromatic nitrogens is 3.